The van der Waals surface area contributed by atoms with Crippen LogP contribution >= 0.6 is 0 Å². The van der Waals surface area contributed by atoms with Gasteiger partial charge in [-0.3, -0.25) is 14.7 Å². The number of aliphatic hydroxyl groups is 4. The van der Waals surface area contributed by atoms with E-state index < -0.39 is 42.9 Å². The molecule has 6 N–H and O–H groups in total. The number of hydrogen-bond donors (Lipinski definition) is 6. The Kier molecular flexibility index (Phi) is 11.4. The lowest BCUT2D eigenvalue weighted by Crippen LogP contribution is -2.60. The monoisotopic (exact) mass is 633 g/mol. The van der Waals surface area contributed by atoms with Gasteiger partial charge in [0.05, 0.1) is 19.6 Å². The van der Waals surface area contributed by atoms with E-state index in [1.165, 1.54) is 0 Å². The van der Waals surface area contributed by atoms with Crippen molar-refractivity contribution in [3.8, 4) is 11.6 Å². The molecule has 1 aromatic heterocycles. The molecule has 14 nitrogen and oxygen atoms in total. The number of nitrogens with zero attached hydrogens (tertiary/aromatic N) is 3. The van der Waals surface area contributed by atoms with Crippen LogP contribution in [-0.4, -0.2) is 135 Å². The molecule has 250 valence electrons. The third kappa shape index (κ3) is 8.51. The molecule has 2 amide bonds. The third-order valence-electron chi connectivity index (χ3n) is 8.19. The van der Waals surface area contributed by atoms with Crippen LogP contribution in [-0.2, 0) is 20.7 Å². The molecule has 3 heterocycles. The summed E-state index contributed by atoms with van der Waals surface area (Å²) in [6, 6.07) is 7.34. The standard InChI is InChI=1S/C31H47N5O9/c1-18(2)24-21(28(34-33-24)45-29-27(41)26(40)25(39)22(17-37)44-29)16-19-6-8-20(9-7-19)43-15-10-23(38)32-31(3,4)30(42)36-13-11-35(5)12-14-36/h6-9,18,22,25-27,29,37,39-41H,10-17H2,1-5H3,(H,32,38)(H,33,34)/t22-,25-,26+,27-,29+/m1/s1. The van der Waals surface area contributed by atoms with Crippen molar-refractivity contribution in [1.82, 2.24) is 25.3 Å². The van der Waals surface area contributed by atoms with E-state index in [1.807, 2.05) is 33.0 Å². The summed E-state index contributed by atoms with van der Waals surface area (Å²) >= 11 is 0. The molecule has 5 atom stereocenters. The van der Waals surface area contributed by atoms with Gasteiger partial charge in [0.1, 0.15) is 35.7 Å². The van der Waals surface area contributed by atoms with Crippen LogP contribution in [0, 0.1) is 0 Å². The van der Waals surface area contributed by atoms with Crippen LogP contribution in [0.5, 0.6) is 11.6 Å². The first kappa shape index (κ1) is 34.6. The van der Waals surface area contributed by atoms with Crippen LogP contribution < -0.4 is 14.8 Å². The number of carbonyl (C=O) groups is 2. The number of benzene rings is 1. The van der Waals surface area contributed by atoms with E-state index in [2.05, 4.69) is 20.4 Å². The maximum absolute atomic E-state index is 12.9. The van der Waals surface area contributed by atoms with Gasteiger partial charge in [0.15, 0.2) is 0 Å². The largest absolute Gasteiger partial charge is 0.493 e. The summed E-state index contributed by atoms with van der Waals surface area (Å²) in [4.78, 5) is 29.5. The van der Waals surface area contributed by atoms with Crippen molar-refractivity contribution in [1.29, 1.82) is 0 Å². The molecule has 14 heteroatoms. The average Bonchev–Trinajstić information content (AvgIpc) is 3.40. The van der Waals surface area contributed by atoms with Crippen LogP contribution in [0.25, 0.3) is 0 Å². The van der Waals surface area contributed by atoms with Gasteiger partial charge in [0.2, 0.25) is 24.0 Å². The van der Waals surface area contributed by atoms with Crippen molar-refractivity contribution in [2.75, 3.05) is 46.4 Å². The molecule has 4 rings (SSSR count). The van der Waals surface area contributed by atoms with E-state index in [-0.39, 0.29) is 36.6 Å². The fraction of sp³-hybridized carbons (Fsp3) is 0.645. The predicted molar refractivity (Wildman–Crippen MR) is 163 cm³/mol. The van der Waals surface area contributed by atoms with Crippen LogP contribution in [0.4, 0.5) is 0 Å². The number of piperazine rings is 1. The van der Waals surface area contributed by atoms with Gasteiger partial charge in [-0.15, -0.1) is 5.10 Å². The highest BCUT2D eigenvalue weighted by Crippen LogP contribution is 2.31. The first-order chi connectivity index (χ1) is 21.3. The SMILES string of the molecule is CC(C)c1[nH]nc(O[C@@H]2O[C@H](CO)[C@@H](O)[C@H](O)[C@H]2O)c1Cc1ccc(OCCC(=O)NC(C)(C)C(=O)N2CCN(C)CC2)cc1. The van der Waals surface area contributed by atoms with Gasteiger partial charge in [-0.25, -0.2) is 0 Å². The van der Waals surface area contributed by atoms with Crippen LogP contribution in [0.3, 0.4) is 0 Å². The summed E-state index contributed by atoms with van der Waals surface area (Å²) in [5, 5.41) is 50.2. The number of aromatic nitrogens is 2. The van der Waals surface area contributed by atoms with Crippen molar-refractivity contribution < 1.29 is 44.2 Å². The number of ether oxygens (including phenoxy) is 3. The molecule has 0 unspecified atom stereocenters. The Balaban J connectivity index is 1.32. The first-order valence-electron chi connectivity index (χ1n) is 15.4. The van der Waals surface area contributed by atoms with Crippen molar-refractivity contribution >= 4 is 11.8 Å². The Morgan fingerprint density at radius 1 is 1.09 bits per heavy atom. The molecule has 0 spiro atoms. The zero-order valence-corrected chi connectivity index (χ0v) is 26.6. The van der Waals surface area contributed by atoms with Gasteiger partial charge >= 0.3 is 0 Å². The summed E-state index contributed by atoms with van der Waals surface area (Å²) in [5.41, 5.74) is 1.43. The highest BCUT2D eigenvalue weighted by Gasteiger charge is 2.45. The van der Waals surface area contributed by atoms with Crippen LogP contribution in [0.2, 0.25) is 0 Å². The smallest absolute Gasteiger partial charge is 0.247 e. The Morgan fingerprint density at radius 2 is 1.76 bits per heavy atom. The molecular formula is C31H47N5O9. The number of carbonyl (C=O) groups excluding carboxylic acids is 2. The quantitative estimate of drug-likeness (QED) is 0.181. The second-order valence-electron chi connectivity index (χ2n) is 12.6. The van der Waals surface area contributed by atoms with E-state index in [9.17, 15) is 30.0 Å². The van der Waals surface area contributed by atoms with Crippen molar-refractivity contribution in [3.05, 3.63) is 41.1 Å². The number of aromatic amines is 1. The zero-order chi connectivity index (χ0) is 32.9. The summed E-state index contributed by atoms with van der Waals surface area (Å²) in [6.45, 7) is 9.88. The molecule has 2 aromatic rings. The lowest BCUT2D eigenvalue weighted by molar-refractivity contribution is -0.278. The lowest BCUT2D eigenvalue weighted by Gasteiger charge is -2.39. The molecule has 0 bridgehead atoms. The van der Waals surface area contributed by atoms with E-state index >= 15 is 0 Å². The highest BCUT2D eigenvalue weighted by atomic mass is 16.7. The minimum Gasteiger partial charge on any atom is -0.493 e. The third-order valence-corrected chi connectivity index (χ3v) is 8.19. The van der Waals surface area contributed by atoms with E-state index in [0.29, 0.717) is 25.3 Å². The van der Waals surface area contributed by atoms with Crippen molar-refractivity contribution in [3.63, 3.8) is 0 Å². The van der Waals surface area contributed by atoms with Gasteiger partial charge in [0.25, 0.3) is 0 Å². The predicted octanol–water partition coefficient (Wildman–Crippen LogP) is -0.260. The topological polar surface area (TPSA) is 190 Å². The van der Waals surface area contributed by atoms with Crippen molar-refractivity contribution in [2.24, 2.45) is 0 Å². The Hall–Kier alpha value is -3.27. The highest BCUT2D eigenvalue weighted by molar-refractivity contribution is 5.90. The van der Waals surface area contributed by atoms with Crippen LogP contribution in [0.15, 0.2) is 24.3 Å². The maximum atomic E-state index is 12.9. The van der Waals surface area contributed by atoms with E-state index in [0.717, 1.165) is 29.9 Å². The minimum absolute atomic E-state index is 0.0650. The molecule has 1 aromatic carbocycles. The Bertz CT molecular complexity index is 1270. The fourth-order valence-electron chi connectivity index (χ4n) is 5.42. The molecule has 45 heavy (non-hydrogen) atoms. The summed E-state index contributed by atoms with van der Waals surface area (Å²) in [7, 11) is 2.02. The molecule has 2 fully saturated rings. The first-order valence-corrected chi connectivity index (χ1v) is 15.4. The Labute approximate surface area is 263 Å². The molecule has 2 aliphatic rings. The summed E-state index contributed by atoms with van der Waals surface area (Å²) in [6.07, 6.45) is -6.57. The van der Waals surface area contributed by atoms with Gasteiger partial charge in [-0.05, 0) is 44.5 Å². The number of rotatable bonds is 12. The zero-order valence-electron chi connectivity index (χ0n) is 26.6. The van der Waals surface area contributed by atoms with Crippen molar-refractivity contribution in [2.45, 2.75) is 82.7 Å². The molecule has 2 aliphatic heterocycles. The molecule has 0 aliphatic carbocycles. The number of likely N-dealkylation sites (N-methyl/N-ethyl adjacent to an activating group) is 1. The average molecular weight is 634 g/mol. The van der Waals surface area contributed by atoms with Gasteiger partial charge in [-0.1, -0.05) is 26.0 Å². The normalized spacial score (nSPS) is 24.5. The number of amides is 2. The number of aliphatic hydroxyl groups excluding tert-OH is 4. The molecule has 2 saturated heterocycles. The lowest BCUT2D eigenvalue weighted by atomic mass is 9.98. The molecular weight excluding hydrogens is 586 g/mol. The van der Waals surface area contributed by atoms with Gasteiger partial charge in [-0.2, -0.15) is 0 Å². The van der Waals surface area contributed by atoms with Gasteiger partial charge in [0, 0.05) is 43.9 Å². The number of hydrogen-bond acceptors (Lipinski definition) is 11. The summed E-state index contributed by atoms with van der Waals surface area (Å²) in [5.74, 6) is 0.444. The number of H-pyrrole nitrogens is 1. The second-order valence-corrected chi connectivity index (χ2v) is 12.6. The molecule has 0 saturated carbocycles. The fourth-order valence-corrected chi connectivity index (χ4v) is 5.42. The Morgan fingerprint density at radius 3 is 2.38 bits per heavy atom. The summed E-state index contributed by atoms with van der Waals surface area (Å²) < 4.78 is 17.1. The van der Waals surface area contributed by atoms with Gasteiger partial charge < -0.3 is 49.8 Å². The van der Waals surface area contributed by atoms with E-state index in [4.69, 9.17) is 14.2 Å². The van der Waals surface area contributed by atoms with Crippen LogP contribution in [0.1, 0.15) is 56.9 Å². The number of nitrogens with one attached hydrogen (secondary N) is 2. The second kappa shape index (κ2) is 14.9. The maximum Gasteiger partial charge on any atom is 0.247 e. The molecule has 0 radical (unpaired) electrons. The minimum atomic E-state index is -1.57. The van der Waals surface area contributed by atoms with E-state index in [1.54, 1.807) is 30.9 Å².